The smallest absolute Gasteiger partial charge is 1.00 e. The fourth-order valence-corrected chi connectivity index (χ4v) is 2.42. The second-order valence-electron chi connectivity index (χ2n) is 3.72. The van der Waals surface area contributed by atoms with Crippen molar-refractivity contribution in [3.05, 3.63) is 30.3 Å². The van der Waals surface area contributed by atoms with Crippen molar-refractivity contribution in [3.8, 4) is 5.75 Å². The summed E-state index contributed by atoms with van der Waals surface area (Å²) in [6, 6.07) is 8.61. The van der Waals surface area contributed by atoms with E-state index in [1.54, 1.807) is 24.3 Å². The third-order valence-electron chi connectivity index (χ3n) is 2.21. The molecule has 0 saturated carbocycles. The summed E-state index contributed by atoms with van der Waals surface area (Å²) < 4.78 is 28.0. The van der Waals surface area contributed by atoms with Crippen LogP contribution in [0.15, 0.2) is 30.3 Å². The Morgan fingerprint density at radius 2 is 1.76 bits per heavy atom. The van der Waals surface area contributed by atoms with Crippen molar-refractivity contribution >= 4 is 10.1 Å². The summed E-state index contributed by atoms with van der Waals surface area (Å²) in [6.07, 6.45) is 3.78. The molecule has 0 aliphatic heterocycles. The Hall–Kier alpha value is -0.0300. The van der Waals surface area contributed by atoms with Crippen molar-refractivity contribution in [2.24, 2.45) is 0 Å². The van der Waals surface area contributed by atoms with Crippen LogP contribution in [0, 0.1) is 0 Å². The zero-order valence-electron chi connectivity index (χ0n) is 11.6. The fourth-order valence-electron chi connectivity index (χ4n) is 1.37. The number of hydrogen-bond acceptors (Lipinski definition) is 3. The van der Waals surface area contributed by atoms with Crippen molar-refractivity contribution in [2.45, 2.75) is 32.6 Å². The maximum Gasteiger partial charge on any atom is 1.00 e. The summed E-state index contributed by atoms with van der Waals surface area (Å²) in [5, 5.41) is 0. The molecule has 17 heavy (non-hydrogen) atoms. The average molecular weight is 266 g/mol. The molecular formula is C12H19NaO3S. The van der Waals surface area contributed by atoms with Crippen LogP contribution in [0.4, 0.5) is 0 Å². The van der Waals surface area contributed by atoms with Crippen LogP contribution >= 0.6 is 0 Å². The van der Waals surface area contributed by atoms with Crippen molar-refractivity contribution < 1.29 is 43.6 Å². The zero-order valence-corrected chi connectivity index (χ0v) is 13.4. The standard InChI is InChI=1S/C12H18O3S.Na.H/c1-2-3-4-8-11-16(13,14)15-12-9-6-5-7-10-12;;/h5-7,9-10H,2-4,8,11H2,1H3;;/q;+1;-1. The molecule has 5 heteroatoms. The van der Waals surface area contributed by atoms with Crippen LogP contribution < -0.4 is 33.7 Å². The van der Waals surface area contributed by atoms with E-state index in [9.17, 15) is 8.42 Å². The summed E-state index contributed by atoms with van der Waals surface area (Å²) in [4.78, 5) is 0. The minimum atomic E-state index is -3.42. The molecule has 0 aliphatic rings. The van der Waals surface area contributed by atoms with Crippen LogP contribution in [0.2, 0.25) is 0 Å². The molecule has 0 aromatic heterocycles. The molecule has 0 atom stereocenters. The van der Waals surface area contributed by atoms with Crippen molar-refractivity contribution in [3.63, 3.8) is 0 Å². The number of hydrogen-bond donors (Lipinski definition) is 0. The molecule has 0 amide bonds. The molecule has 1 aromatic rings. The monoisotopic (exact) mass is 266 g/mol. The zero-order chi connectivity index (χ0) is 11.9. The van der Waals surface area contributed by atoms with Crippen LogP contribution in [0.5, 0.6) is 5.75 Å². The Labute approximate surface area is 127 Å². The minimum absolute atomic E-state index is 0. The van der Waals surface area contributed by atoms with Gasteiger partial charge in [-0.25, -0.2) is 0 Å². The average Bonchev–Trinajstić information content (AvgIpc) is 2.25. The van der Waals surface area contributed by atoms with Crippen molar-refractivity contribution in [1.82, 2.24) is 0 Å². The van der Waals surface area contributed by atoms with Crippen LogP contribution in [-0.2, 0) is 10.1 Å². The first-order valence-corrected chi connectivity index (χ1v) is 7.19. The molecule has 0 spiro atoms. The van der Waals surface area contributed by atoms with Gasteiger partial charge in [0.2, 0.25) is 0 Å². The molecule has 0 fully saturated rings. The molecule has 0 radical (unpaired) electrons. The third-order valence-corrected chi connectivity index (χ3v) is 3.45. The molecule has 1 aromatic carbocycles. The Morgan fingerprint density at radius 1 is 1.12 bits per heavy atom. The molecule has 1 rings (SSSR count). The second kappa shape index (κ2) is 8.97. The predicted molar refractivity (Wildman–Crippen MR) is 66.1 cm³/mol. The summed E-state index contributed by atoms with van der Waals surface area (Å²) in [6.45, 7) is 2.09. The van der Waals surface area contributed by atoms with Gasteiger partial charge in [-0.15, -0.1) is 0 Å². The minimum Gasteiger partial charge on any atom is -1.00 e. The van der Waals surface area contributed by atoms with E-state index in [-0.39, 0.29) is 36.7 Å². The van der Waals surface area contributed by atoms with Gasteiger partial charge >= 0.3 is 39.7 Å². The van der Waals surface area contributed by atoms with Gasteiger partial charge in [-0.05, 0) is 18.6 Å². The predicted octanol–water partition coefficient (Wildman–Crippen LogP) is 0.0920. The van der Waals surface area contributed by atoms with Gasteiger partial charge in [0.25, 0.3) is 0 Å². The Bertz CT molecular complexity index is 395. The fraction of sp³-hybridized carbons (Fsp3) is 0.500. The largest absolute Gasteiger partial charge is 1.00 e. The van der Waals surface area contributed by atoms with E-state index in [4.69, 9.17) is 4.18 Å². The maximum atomic E-state index is 11.5. The van der Waals surface area contributed by atoms with E-state index in [2.05, 4.69) is 6.92 Å². The Kier molecular flexibility index (Phi) is 8.96. The van der Waals surface area contributed by atoms with Gasteiger partial charge in [0, 0.05) is 0 Å². The summed E-state index contributed by atoms with van der Waals surface area (Å²) in [5.41, 5.74) is 0. The van der Waals surface area contributed by atoms with Crippen LogP contribution in [0.3, 0.4) is 0 Å². The Morgan fingerprint density at radius 3 is 2.35 bits per heavy atom. The van der Waals surface area contributed by atoms with E-state index in [1.807, 2.05) is 6.07 Å². The van der Waals surface area contributed by atoms with E-state index in [0.29, 0.717) is 12.2 Å². The van der Waals surface area contributed by atoms with Crippen LogP contribution in [-0.4, -0.2) is 14.2 Å². The normalized spacial score (nSPS) is 10.6. The number of para-hydroxylation sites is 1. The van der Waals surface area contributed by atoms with Gasteiger partial charge in [0.1, 0.15) is 5.75 Å². The summed E-state index contributed by atoms with van der Waals surface area (Å²) in [7, 11) is -3.42. The number of unbranched alkanes of at least 4 members (excludes halogenated alkanes) is 3. The molecule has 3 nitrogen and oxygen atoms in total. The van der Waals surface area contributed by atoms with Gasteiger partial charge < -0.3 is 5.61 Å². The molecule has 0 saturated heterocycles. The van der Waals surface area contributed by atoms with E-state index in [1.165, 1.54) is 0 Å². The first-order valence-electron chi connectivity index (χ1n) is 5.61. The van der Waals surface area contributed by atoms with E-state index >= 15 is 0 Å². The first kappa shape index (κ1) is 17.0. The molecule has 0 N–H and O–H groups in total. The van der Waals surface area contributed by atoms with Crippen molar-refractivity contribution in [2.75, 3.05) is 5.75 Å². The van der Waals surface area contributed by atoms with E-state index < -0.39 is 10.1 Å². The quantitative estimate of drug-likeness (QED) is 0.399. The topological polar surface area (TPSA) is 43.4 Å². The van der Waals surface area contributed by atoms with Gasteiger partial charge in [-0.3, -0.25) is 0 Å². The van der Waals surface area contributed by atoms with Gasteiger partial charge in [0.15, 0.2) is 0 Å². The maximum absolute atomic E-state index is 11.5. The molecule has 0 bridgehead atoms. The van der Waals surface area contributed by atoms with Crippen LogP contribution in [0.25, 0.3) is 0 Å². The van der Waals surface area contributed by atoms with Gasteiger partial charge in [-0.2, -0.15) is 8.42 Å². The summed E-state index contributed by atoms with van der Waals surface area (Å²) in [5.74, 6) is 0.486. The first-order chi connectivity index (χ1) is 7.64. The van der Waals surface area contributed by atoms with Crippen LogP contribution in [0.1, 0.15) is 34.0 Å². The molecule has 0 heterocycles. The molecule has 0 unspecified atom stereocenters. The third kappa shape index (κ3) is 7.82. The molecule has 0 aliphatic carbocycles. The second-order valence-corrected chi connectivity index (χ2v) is 5.41. The molecule has 92 valence electrons. The molecular weight excluding hydrogens is 247 g/mol. The van der Waals surface area contributed by atoms with E-state index in [0.717, 1.165) is 19.3 Å². The summed E-state index contributed by atoms with van der Waals surface area (Å²) >= 11 is 0. The van der Waals surface area contributed by atoms with Gasteiger partial charge in [0.05, 0.1) is 5.75 Å². The van der Waals surface area contributed by atoms with Gasteiger partial charge in [-0.1, -0.05) is 44.4 Å². The SMILES string of the molecule is CCCCCCS(=O)(=O)Oc1ccccc1.[H-].[Na+]. The number of rotatable bonds is 7. The number of benzene rings is 1. The Balaban J connectivity index is 0. The van der Waals surface area contributed by atoms with Crippen molar-refractivity contribution in [1.29, 1.82) is 0 Å².